The third-order valence-electron chi connectivity index (χ3n) is 2.82. The molecule has 1 amide bonds. The molecule has 19 heavy (non-hydrogen) atoms. The van der Waals surface area contributed by atoms with Crippen molar-refractivity contribution < 1.29 is 4.79 Å². The Kier molecular flexibility index (Phi) is 6.83. The predicted octanol–water partition coefficient (Wildman–Crippen LogP) is 4.05. The second-order valence-corrected chi connectivity index (χ2v) is 6.37. The van der Waals surface area contributed by atoms with E-state index >= 15 is 0 Å². The molecule has 0 radical (unpaired) electrons. The van der Waals surface area contributed by atoms with Crippen molar-refractivity contribution in [1.29, 1.82) is 0 Å². The fourth-order valence-electron chi connectivity index (χ4n) is 1.98. The molecule has 0 aliphatic rings. The topological polar surface area (TPSA) is 55.1 Å². The van der Waals surface area contributed by atoms with Crippen LogP contribution < -0.4 is 11.1 Å². The molecule has 1 aromatic carbocycles. The molecule has 3 nitrogen and oxygen atoms in total. The zero-order valence-electron chi connectivity index (χ0n) is 11.2. The van der Waals surface area contributed by atoms with Crippen molar-refractivity contribution in [3.8, 4) is 0 Å². The molecular formula is C14H20BrClN2O. The molecule has 1 rings (SSSR count). The van der Waals surface area contributed by atoms with E-state index in [2.05, 4.69) is 35.1 Å². The lowest BCUT2D eigenvalue weighted by molar-refractivity contribution is -0.117. The standard InChI is InChI=1S/C14H20BrClN2O/c1-9(2)5-10(8-17)6-14(19)18-11-3-4-12(15)13(16)7-11/h3-4,7,9-10H,5-6,8,17H2,1-2H3,(H,18,19). The molecule has 0 spiro atoms. The zero-order valence-corrected chi connectivity index (χ0v) is 13.6. The molecule has 0 aromatic heterocycles. The van der Waals surface area contributed by atoms with Gasteiger partial charge in [0.15, 0.2) is 0 Å². The van der Waals surface area contributed by atoms with E-state index < -0.39 is 0 Å². The highest BCUT2D eigenvalue weighted by molar-refractivity contribution is 9.10. The van der Waals surface area contributed by atoms with E-state index in [1.807, 2.05) is 12.1 Å². The highest BCUT2D eigenvalue weighted by Crippen LogP contribution is 2.25. The first kappa shape index (κ1) is 16.5. The maximum Gasteiger partial charge on any atom is 0.224 e. The number of nitrogens with one attached hydrogen (secondary N) is 1. The number of halogens is 2. The normalized spacial score (nSPS) is 12.5. The summed E-state index contributed by atoms with van der Waals surface area (Å²) in [5.74, 6) is 0.754. The van der Waals surface area contributed by atoms with Gasteiger partial charge < -0.3 is 11.1 Å². The molecule has 0 saturated heterocycles. The van der Waals surface area contributed by atoms with Crippen molar-refractivity contribution in [3.05, 3.63) is 27.7 Å². The van der Waals surface area contributed by atoms with Gasteiger partial charge in [-0.1, -0.05) is 25.4 Å². The van der Waals surface area contributed by atoms with Crippen molar-refractivity contribution in [2.45, 2.75) is 26.7 Å². The van der Waals surface area contributed by atoms with Gasteiger partial charge in [0.2, 0.25) is 5.91 Å². The number of benzene rings is 1. The highest BCUT2D eigenvalue weighted by atomic mass is 79.9. The first-order valence-corrected chi connectivity index (χ1v) is 7.54. The SMILES string of the molecule is CC(C)CC(CN)CC(=O)Nc1ccc(Br)c(Cl)c1. The summed E-state index contributed by atoms with van der Waals surface area (Å²) in [7, 11) is 0. The van der Waals surface area contributed by atoms with E-state index in [4.69, 9.17) is 17.3 Å². The first-order valence-electron chi connectivity index (χ1n) is 6.37. The Morgan fingerprint density at radius 3 is 2.68 bits per heavy atom. The van der Waals surface area contributed by atoms with Crippen LogP contribution in [-0.2, 0) is 4.79 Å². The van der Waals surface area contributed by atoms with Gasteiger partial charge in [-0.2, -0.15) is 0 Å². The molecule has 0 fully saturated rings. The lowest BCUT2D eigenvalue weighted by Gasteiger charge is -2.16. The smallest absolute Gasteiger partial charge is 0.224 e. The van der Waals surface area contributed by atoms with E-state index in [0.717, 1.165) is 10.9 Å². The minimum absolute atomic E-state index is 0.0190. The minimum atomic E-state index is -0.0190. The van der Waals surface area contributed by atoms with Gasteiger partial charge in [-0.05, 0) is 58.9 Å². The molecule has 0 saturated carbocycles. The molecule has 0 bridgehead atoms. The van der Waals surface area contributed by atoms with Gasteiger partial charge in [0.05, 0.1) is 5.02 Å². The van der Waals surface area contributed by atoms with Crippen LogP contribution in [0.2, 0.25) is 5.02 Å². The van der Waals surface area contributed by atoms with Crippen LogP contribution in [0.3, 0.4) is 0 Å². The van der Waals surface area contributed by atoms with Crippen LogP contribution in [0.1, 0.15) is 26.7 Å². The predicted molar refractivity (Wildman–Crippen MR) is 84.4 cm³/mol. The first-order chi connectivity index (χ1) is 8.92. The summed E-state index contributed by atoms with van der Waals surface area (Å²) in [5, 5.41) is 3.43. The second kappa shape index (κ2) is 7.88. The van der Waals surface area contributed by atoms with E-state index in [9.17, 15) is 4.79 Å². The molecule has 0 aliphatic carbocycles. The molecular weight excluding hydrogens is 328 g/mol. The fourth-order valence-corrected chi connectivity index (χ4v) is 2.40. The molecule has 1 atom stereocenters. The number of hydrogen-bond acceptors (Lipinski definition) is 2. The Morgan fingerprint density at radius 1 is 1.47 bits per heavy atom. The fraction of sp³-hybridized carbons (Fsp3) is 0.500. The van der Waals surface area contributed by atoms with Crippen LogP contribution in [0.25, 0.3) is 0 Å². The number of carbonyl (C=O) groups is 1. The molecule has 5 heteroatoms. The van der Waals surface area contributed by atoms with E-state index in [-0.39, 0.29) is 11.8 Å². The largest absolute Gasteiger partial charge is 0.330 e. The third kappa shape index (κ3) is 5.93. The Morgan fingerprint density at radius 2 is 2.16 bits per heavy atom. The quantitative estimate of drug-likeness (QED) is 0.815. The number of carbonyl (C=O) groups excluding carboxylic acids is 1. The number of anilines is 1. The van der Waals surface area contributed by atoms with Crippen LogP contribution in [0.5, 0.6) is 0 Å². The van der Waals surface area contributed by atoms with E-state index in [1.54, 1.807) is 6.07 Å². The summed E-state index contributed by atoms with van der Waals surface area (Å²) in [6.45, 7) is 4.80. The average Bonchev–Trinajstić information content (AvgIpc) is 2.32. The molecule has 0 aliphatic heterocycles. The van der Waals surface area contributed by atoms with Gasteiger partial charge in [-0.3, -0.25) is 4.79 Å². The number of rotatable bonds is 6. The Bertz CT molecular complexity index is 437. The second-order valence-electron chi connectivity index (χ2n) is 5.11. The summed E-state index contributed by atoms with van der Waals surface area (Å²) in [5.41, 5.74) is 6.41. The van der Waals surface area contributed by atoms with Crippen LogP contribution in [0.15, 0.2) is 22.7 Å². The zero-order chi connectivity index (χ0) is 14.4. The van der Waals surface area contributed by atoms with Crippen LogP contribution in [-0.4, -0.2) is 12.5 Å². The van der Waals surface area contributed by atoms with Crippen molar-refractivity contribution in [3.63, 3.8) is 0 Å². The van der Waals surface area contributed by atoms with Gasteiger partial charge in [0, 0.05) is 16.6 Å². The van der Waals surface area contributed by atoms with Gasteiger partial charge in [-0.25, -0.2) is 0 Å². The molecule has 106 valence electrons. The molecule has 1 aromatic rings. The molecule has 3 N–H and O–H groups in total. The van der Waals surface area contributed by atoms with Crippen molar-refractivity contribution >= 4 is 39.1 Å². The van der Waals surface area contributed by atoms with Crippen molar-refractivity contribution in [1.82, 2.24) is 0 Å². The minimum Gasteiger partial charge on any atom is -0.330 e. The van der Waals surface area contributed by atoms with Crippen molar-refractivity contribution in [2.75, 3.05) is 11.9 Å². The van der Waals surface area contributed by atoms with Crippen LogP contribution >= 0.6 is 27.5 Å². The average molecular weight is 348 g/mol. The highest BCUT2D eigenvalue weighted by Gasteiger charge is 2.14. The van der Waals surface area contributed by atoms with Gasteiger partial charge in [0.25, 0.3) is 0 Å². The van der Waals surface area contributed by atoms with Crippen LogP contribution in [0, 0.1) is 11.8 Å². The lowest BCUT2D eigenvalue weighted by Crippen LogP contribution is -2.23. The maximum atomic E-state index is 11.9. The Balaban J connectivity index is 2.56. The third-order valence-corrected chi connectivity index (χ3v) is 4.05. The van der Waals surface area contributed by atoms with E-state index in [0.29, 0.717) is 29.6 Å². The number of amides is 1. The summed E-state index contributed by atoms with van der Waals surface area (Å²) in [4.78, 5) is 11.9. The number of nitrogens with two attached hydrogens (primary N) is 1. The van der Waals surface area contributed by atoms with Crippen LogP contribution in [0.4, 0.5) is 5.69 Å². The van der Waals surface area contributed by atoms with Gasteiger partial charge in [0.1, 0.15) is 0 Å². The summed E-state index contributed by atoms with van der Waals surface area (Å²) in [6, 6.07) is 5.35. The van der Waals surface area contributed by atoms with Gasteiger partial charge >= 0.3 is 0 Å². The summed E-state index contributed by atoms with van der Waals surface area (Å²) < 4.78 is 0.812. The van der Waals surface area contributed by atoms with Gasteiger partial charge in [-0.15, -0.1) is 0 Å². The Labute approximate surface area is 128 Å². The lowest BCUT2D eigenvalue weighted by atomic mass is 9.94. The van der Waals surface area contributed by atoms with E-state index in [1.165, 1.54) is 0 Å². The molecule has 1 unspecified atom stereocenters. The molecule has 0 heterocycles. The maximum absolute atomic E-state index is 11.9. The summed E-state index contributed by atoms with van der Waals surface area (Å²) in [6.07, 6.45) is 1.41. The Hall–Kier alpha value is -0.580. The summed E-state index contributed by atoms with van der Waals surface area (Å²) >= 11 is 9.29. The van der Waals surface area contributed by atoms with Crippen molar-refractivity contribution in [2.24, 2.45) is 17.6 Å². The monoisotopic (exact) mass is 346 g/mol. The number of hydrogen-bond donors (Lipinski definition) is 2.